The molecule has 0 fully saturated rings. The lowest BCUT2D eigenvalue weighted by Gasteiger charge is -2.14. The van der Waals surface area contributed by atoms with E-state index in [0.29, 0.717) is 24.5 Å². The molecule has 0 unspecified atom stereocenters. The molecular formula is C21H25N3O3. The first-order valence-corrected chi connectivity index (χ1v) is 8.97. The van der Waals surface area contributed by atoms with Gasteiger partial charge in [-0.05, 0) is 44.0 Å². The second kappa shape index (κ2) is 8.12. The maximum absolute atomic E-state index is 12.6. The van der Waals surface area contributed by atoms with Gasteiger partial charge >= 0.3 is 0 Å². The largest absolute Gasteiger partial charge is 0.493 e. The summed E-state index contributed by atoms with van der Waals surface area (Å²) < 4.78 is 12.4. The number of amides is 1. The van der Waals surface area contributed by atoms with Gasteiger partial charge in [0.25, 0.3) is 0 Å². The highest BCUT2D eigenvalue weighted by Gasteiger charge is 2.18. The molecule has 0 aliphatic heterocycles. The second-order valence-corrected chi connectivity index (χ2v) is 6.45. The number of fused-ring (bicyclic) bond motifs is 1. The molecule has 2 aromatic carbocycles. The van der Waals surface area contributed by atoms with Gasteiger partial charge in [-0.25, -0.2) is 0 Å². The lowest BCUT2D eigenvalue weighted by Crippen LogP contribution is -2.32. The minimum Gasteiger partial charge on any atom is -0.493 e. The monoisotopic (exact) mass is 367 g/mol. The number of methoxy groups -OCH3 is 2. The molecule has 142 valence electrons. The third kappa shape index (κ3) is 3.89. The summed E-state index contributed by atoms with van der Waals surface area (Å²) in [7, 11) is 3.22. The Balaban J connectivity index is 1.64. The van der Waals surface area contributed by atoms with Gasteiger partial charge in [-0.15, -0.1) is 0 Å². The summed E-state index contributed by atoms with van der Waals surface area (Å²) in [6.07, 6.45) is 0.706. The highest BCUT2D eigenvalue weighted by Crippen LogP contribution is 2.27. The van der Waals surface area contributed by atoms with E-state index in [-0.39, 0.29) is 11.9 Å². The number of hydrogen-bond donors (Lipinski definition) is 1. The third-order valence-electron chi connectivity index (χ3n) is 4.71. The number of carbonyl (C=O) groups is 1. The summed E-state index contributed by atoms with van der Waals surface area (Å²) >= 11 is 0. The van der Waals surface area contributed by atoms with Crippen molar-refractivity contribution in [2.45, 2.75) is 26.3 Å². The Hall–Kier alpha value is -3.02. The summed E-state index contributed by atoms with van der Waals surface area (Å²) in [5.74, 6) is 1.33. The average molecular weight is 367 g/mol. The number of rotatable bonds is 7. The van der Waals surface area contributed by atoms with Gasteiger partial charge in [0, 0.05) is 11.9 Å². The number of ether oxygens (including phenoxy) is 2. The van der Waals surface area contributed by atoms with Gasteiger partial charge in [-0.2, -0.15) is 5.10 Å². The molecule has 0 saturated heterocycles. The van der Waals surface area contributed by atoms with Crippen molar-refractivity contribution < 1.29 is 14.3 Å². The van der Waals surface area contributed by atoms with Crippen molar-refractivity contribution in [1.82, 2.24) is 15.1 Å². The Bertz CT molecular complexity index is 949. The lowest BCUT2D eigenvalue weighted by atomic mass is 10.1. The van der Waals surface area contributed by atoms with E-state index in [1.165, 1.54) is 0 Å². The summed E-state index contributed by atoms with van der Waals surface area (Å²) in [5.41, 5.74) is 2.97. The maximum atomic E-state index is 12.6. The van der Waals surface area contributed by atoms with E-state index in [2.05, 4.69) is 10.4 Å². The zero-order chi connectivity index (χ0) is 19.4. The molecule has 3 aromatic rings. The van der Waals surface area contributed by atoms with Crippen LogP contribution in [0.1, 0.15) is 24.2 Å². The van der Waals surface area contributed by atoms with E-state index in [4.69, 9.17) is 9.47 Å². The van der Waals surface area contributed by atoms with Crippen molar-refractivity contribution in [3.05, 3.63) is 53.7 Å². The van der Waals surface area contributed by atoms with Crippen LogP contribution in [-0.2, 0) is 11.2 Å². The first-order chi connectivity index (χ1) is 13.0. The average Bonchev–Trinajstić information content (AvgIpc) is 3.04. The molecule has 27 heavy (non-hydrogen) atoms. The van der Waals surface area contributed by atoms with E-state index in [0.717, 1.165) is 22.2 Å². The number of nitrogens with zero attached hydrogens (tertiary/aromatic N) is 2. The predicted octanol–water partition coefficient (Wildman–Crippen LogP) is 3.28. The van der Waals surface area contributed by atoms with Crippen LogP contribution in [0.15, 0.2) is 42.5 Å². The molecule has 1 N–H and O–H groups in total. The number of hydrogen-bond acceptors (Lipinski definition) is 4. The molecular weight excluding hydrogens is 342 g/mol. The molecule has 1 aromatic heterocycles. The number of nitrogens with one attached hydrogen (secondary N) is 1. The van der Waals surface area contributed by atoms with Crippen molar-refractivity contribution in [2.24, 2.45) is 0 Å². The SMILES string of the molecule is COc1ccc(CCNC(=O)[C@@H](C)n2nc(C)c3ccccc32)cc1OC. The van der Waals surface area contributed by atoms with Gasteiger partial charge in [0.15, 0.2) is 11.5 Å². The third-order valence-corrected chi connectivity index (χ3v) is 4.71. The van der Waals surface area contributed by atoms with E-state index < -0.39 is 0 Å². The number of para-hydroxylation sites is 1. The fraction of sp³-hybridized carbons (Fsp3) is 0.333. The van der Waals surface area contributed by atoms with Crippen LogP contribution in [0.4, 0.5) is 0 Å². The topological polar surface area (TPSA) is 65.4 Å². The Morgan fingerprint density at radius 1 is 1.15 bits per heavy atom. The first kappa shape index (κ1) is 18.8. The summed E-state index contributed by atoms with van der Waals surface area (Å²) in [4.78, 5) is 12.6. The van der Waals surface area contributed by atoms with Gasteiger partial charge < -0.3 is 14.8 Å². The van der Waals surface area contributed by atoms with E-state index in [9.17, 15) is 4.79 Å². The number of aromatic nitrogens is 2. The lowest BCUT2D eigenvalue weighted by molar-refractivity contribution is -0.124. The molecule has 6 heteroatoms. The van der Waals surface area contributed by atoms with Crippen LogP contribution in [0, 0.1) is 6.92 Å². The molecule has 0 radical (unpaired) electrons. The van der Waals surface area contributed by atoms with E-state index >= 15 is 0 Å². The quantitative estimate of drug-likeness (QED) is 0.696. The van der Waals surface area contributed by atoms with Crippen molar-refractivity contribution in [2.75, 3.05) is 20.8 Å². The first-order valence-electron chi connectivity index (χ1n) is 8.97. The van der Waals surface area contributed by atoms with Crippen LogP contribution in [-0.4, -0.2) is 36.5 Å². The molecule has 1 heterocycles. The molecule has 0 aliphatic rings. The molecule has 6 nitrogen and oxygen atoms in total. The number of carbonyl (C=O) groups excluding carboxylic acids is 1. The van der Waals surface area contributed by atoms with Crippen LogP contribution in [0.25, 0.3) is 10.9 Å². The van der Waals surface area contributed by atoms with Gasteiger partial charge in [0.05, 0.1) is 25.4 Å². The van der Waals surface area contributed by atoms with Gasteiger partial charge in [0.1, 0.15) is 6.04 Å². The molecule has 3 rings (SSSR count). The molecule has 0 saturated carbocycles. The fourth-order valence-corrected chi connectivity index (χ4v) is 3.17. The molecule has 1 atom stereocenters. The minimum atomic E-state index is -0.381. The van der Waals surface area contributed by atoms with Crippen LogP contribution < -0.4 is 14.8 Å². The van der Waals surface area contributed by atoms with E-state index in [1.807, 2.05) is 56.3 Å². The van der Waals surface area contributed by atoms with Crippen molar-refractivity contribution in [1.29, 1.82) is 0 Å². The second-order valence-electron chi connectivity index (χ2n) is 6.45. The summed E-state index contributed by atoms with van der Waals surface area (Å²) in [5, 5.41) is 8.61. The van der Waals surface area contributed by atoms with Crippen LogP contribution in [0.3, 0.4) is 0 Å². The Morgan fingerprint density at radius 3 is 2.63 bits per heavy atom. The van der Waals surface area contributed by atoms with Crippen LogP contribution in [0.2, 0.25) is 0 Å². The summed E-state index contributed by atoms with van der Waals surface area (Å²) in [6, 6.07) is 13.3. The molecule has 1 amide bonds. The summed E-state index contributed by atoms with van der Waals surface area (Å²) in [6.45, 7) is 4.36. The van der Waals surface area contributed by atoms with Crippen LogP contribution in [0.5, 0.6) is 11.5 Å². The smallest absolute Gasteiger partial charge is 0.244 e. The van der Waals surface area contributed by atoms with Gasteiger partial charge in [-0.1, -0.05) is 24.3 Å². The van der Waals surface area contributed by atoms with E-state index in [1.54, 1.807) is 18.9 Å². The zero-order valence-electron chi connectivity index (χ0n) is 16.2. The van der Waals surface area contributed by atoms with Gasteiger partial charge in [0.2, 0.25) is 5.91 Å². The minimum absolute atomic E-state index is 0.0521. The zero-order valence-corrected chi connectivity index (χ0v) is 16.2. The molecule has 0 bridgehead atoms. The number of aryl methyl sites for hydroxylation is 1. The highest BCUT2D eigenvalue weighted by atomic mass is 16.5. The van der Waals surface area contributed by atoms with Crippen molar-refractivity contribution in [3.63, 3.8) is 0 Å². The van der Waals surface area contributed by atoms with Crippen molar-refractivity contribution in [3.8, 4) is 11.5 Å². The predicted molar refractivity (Wildman–Crippen MR) is 105 cm³/mol. The maximum Gasteiger partial charge on any atom is 0.244 e. The van der Waals surface area contributed by atoms with Gasteiger partial charge in [-0.3, -0.25) is 9.48 Å². The standard InChI is InChI=1S/C21H25N3O3/c1-14-17-7-5-6-8-18(17)24(23-14)15(2)21(25)22-12-11-16-9-10-19(26-3)20(13-16)27-4/h5-10,13,15H,11-12H2,1-4H3,(H,22,25)/t15-/m1/s1. The highest BCUT2D eigenvalue weighted by molar-refractivity contribution is 5.86. The number of benzene rings is 2. The Kier molecular flexibility index (Phi) is 5.64. The van der Waals surface area contributed by atoms with Crippen molar-refractivity contribution >= 4 is 16.8 Å². The molecule has 0 aliphatic carbocycles. The Morgan fingerprint density at radius 2 is 1.89 bits per heavy atom. The Labute approximate surface area is 159 Å². The van der Waals surface area contributed by atoms with Crippen LogP contribution >= 0.6 is 0 Å². The normalized spacial score (nSPS) is 12.0. The fourth-order valence-electron chi connectivity index (χ4n) is 3.17. The molecule has 0 spiro atoms.